The molecule has 0 aromatic heterocycles. The van der Waals surface area contributed by atoms with Crippen LogP contribution in [-0.2, 0) is 9.59 Å². The number of rotatable bonds is 5. The van der Waals surface area contributed by atoms with Crippen LogP contribution in [0.2, 0.25) is 0 Å². The van der Waals surface area contributed by atoms with E-state index in [0.717, 1.165) is 31.9 Å². The third-order valence-corrected chi connectivity index (χ3v) is 5.53. The molecule has 1 aromatic rings. The summed E-state index contributed by atoms with van der Waals surface area (Å²) in [5, 5.41) is 16.1. The molecule has 0 bridgehead atoms. The van der Waals surface area contributed by atoms with E-state index in [2.05, 4.69) is 15.5 Å². The second-order valence-corrected chi connectivity index (χ2v) is 7.49. The number of nitrogens with two attached hydrogens (primary N) is 1. The quantitative estimate of drug-likeness (QED) is 0.166. The zero-order valence-electron chi connectivity index (χ0n) is 16.8. The lowest BCUT2D eigenvalue weighted by atomic mass is 10.0. The van der Waals surface area contributed by atoms with Crippen LogP contribution in [0.3, 0.4) is 0 Å². The third-order valence-electron chi connectivity index (χ3n) is 5.23. The van der Waals surface area contributed by atoms with Crippen LogP contribution < -0.4 is 27.9 Å². The molecule has 0 spiro atoms. The van der Waals surface area contributed by atoms with Crippen LogP contribution >= 0.6 is 12.2 Å². The standard InChI is InChI=1S/C19H23N5O4S.ClH/c1-3-12(2)23-18(26)15(17(25)21-19(23)29)11-13-10-14(24(27)28)4-5-16(13)22-8-6-20-7-9-22;/h4-5,10-12,20H,3,6-9H2,1-2H3,(H,21,25,29);1H/b15-11-;. The average Bonchev–Trinajstić information content (AvgIpc) is 2.71. The van der Waals surface area contributed by atoms with Crippen molar-refractivity contribution in [3.8, 4) is 0 Å². The molecule has 0 radical (unpaired) electrons. The molecular formula is C19H24ClN5O4S. The van der Waals surface area contributed by atoms with Crippen LogP contribution in [-0.4, -0.2) is 59.0 Å². The normalized spacial score (nSPS) is 19.4. The lowest BCUT2D eigenvalue weighted by Gasteiger charge is -2.33. The van der Waals surface area contributed by atoms with E-state index in [4.69, 9.17) is 12.2 Å². The van der Waals surface area contributed by atoms with E-state index in [0.29, 0.717) is 12.0 Å². The molecule has 1 unspecified atom stereocenters. The van der Waals surface area contributed by atoms with Crippen molar-refractivity contribution in [3.63, 3.8) is 0 Å². The van der Waals surface area contributed by atoms with E-state index in [9.17, 15) is 19.7 Å². The average molecular weight is 454 g/mol. The number of thiocarbonyl (C=S) groups is 1. The Balaban J connectivity index is 0.00000320. The first-order valence-corrected chi connectivity index (χ1v) is 10.00. The minimum atomic E-state index is -0.594. The van der Waals surface area contributed by atoms with Crippen molar-refractivity contribution in [2.24, 2.45) is 0 Å². The molecule has 2 aliphatic heterocycles. The van der Waals surface area contributed by atoms with Crippen molar-refractivity contribution < 1.29 is 32.2 Å². The summed E-state index contributed by atoms with van der Waals surface area (Å²) in [6, 6.07) is 4.35. The molecular weight excluding hydrogens is 430 g/mol. The van der Waals surface area contributed by atoms with Gasteiger partial charge in [0.1, 0.15) is 5.57 Å². The van der Waals surface area contributed by atoms with E-state index in [-0.39, 0.29) is 34.8 Å². The molecule has 1 atom stereocenters. The second kappa shape index (κ2) is 9.96. The topological polar surface area (TPSA) is 112 Å². The van der Waals surface area contributed by atoms with E-state index in [1.165, 1.54) is 23.1 Å². The number of hydrogen-bond donors (Lipinski definition) is 2. The summed E-state index contributed by atoms with van der Waals surface area (Å²) in [6.45, 7) is 7.13. The Labute approximate surface area is 186 Å². The number of nitro groups is 1. The molecule has 11 heteroatoms. The molecule has 3 rings (SSSR count). The molecule has 0 saturated carbocycles. The summed E-state index contributed by atoms with van der Waals surface area (Å²) in [7, 11) is 0. The maximum absolute atomic E-state index is 13.0. The fourth-order valence-electron chi connectivity index (χ4n) is 3.46. The van der Waals surface area contributed by atoms with Crippen molar-refractivity contribution in [3.05, 3.63) is 39.4 Å². The largest absolute Gasteiger partial charge is 1.00 e. The summed E-state index contributed by atoms with van der Waals surface area (Å²) in [4.78, 5) is 39.8. The van der Waals surface area contributed by atoms with E-state index in [1.807, 2.05) is 13.8 Å². The lowest BCUT2D eigenvalue weighted by Crippen LogP contribution is -3.00. The number of nitrogens with zero attached hydrogens (tertiary/aromatic N) is 3. The Kier molecular flexibility index (Phi) is 7.88. The predicted molar refractivity (Wildman–Crippen MR) is 112 cm³/mol. The van der Waals surface area contributed by atoms with Crippen LogP contribution in [0.25, 0.3) is 6.08 Å². The van der Waals surface area contributed by atoms with Gasteiger partial charge in [0.25, 0.3) is 17.5 Å². The molecule has 3 N–H and O–H groups in total. The van der Waals surface area contributed by atoms with Crippen molar-refractivity contribution in [2.45, 2.75) is 26.3 Å². The highest BCUT2D eigenvalue weighted by molar-refractivity contribution is 7.80. The number of nitrogens with one attached hydrogen (secondary N) is 1. The Morgan fingerprint density at radius 1 is 1.33 bits per heavy atom. The van der Waals surface area contributed by atoms with E-state index >= 15 is 0 Å². The van der Waals surface area contributed by atoms with Gasteiger partial charge in [-0.2, -0.15) is 0 Å². The molecule has 2 amide bonds. The second-order valence-electron chi connectivity index (χ2n) is 7.10. The molecule has 2 aliphatic rings. The van der Waals surface area contributed by atoms with Crippen LogP contribution in [0.5, 0.6) is 0 Å². The zero-order valence-corrected chi connectivity index (χ0v) is 18.3. The van der Waals surface area contributed by atoms with Gasteiger partial charge < -0.3 is 22.6 Å². The van der Waals surface area contributed by atoms with Crippen molar-refractivity contribution in [1.29, 1.82) is 0 Å². The first-order chi connectivity index (χ1) is 13.8. The lowest BCUT2D eigenvalue weighted by molar-refractivity contribution is -0.655. The summed E-state index contributed by atoms with van der Waals surface area (Å²) in [6.07, 6.45) is 2.11. The highest BCUT2D eigenvalue weighted by Crippen LogP contribution is 2.29. The summed E-state index contributed by atoms with van der Waals surface area (Å²) in [5.41, 5.74) is 1.06. The van der Waals surface area contributed by atoms with Gasteiger partial charge in [-0.1, -0.05) is 6.92 Å². The van der Waals surface area contributed by atoms with Gasteiger partial charge in [-0.25, -0.2) is 0 Å². The highest BCUT2D eigenvalue weighted by atomic mass is 35.5. The van der Waals surface area contributed by atoms with Gasteiger partial charge in [0, 0.05) is 29.4 Å². The van der Waals surface area contributed by atoms with Gasteiger partial charge in [0.2, 0.25) is 0 Å². The third kappa shape index (κ3) is 4.77. The summed E-state index contributed by atoms with van der Waals surface area (Å²) < 4.78 is 0. The van der Waals surface area contributed by atoms with Crippen molar-refractivity contribution in [2.75, 3.05) is 31.1 Å². The number of quaternary nitrogens is 1. The molecule has 162 valence electrons. The number of amides is 2. The Bertz CT molecular complexity index is 901. The highest BCUT2D eigenvalue weighted by Gasteiger charge is 2.36. The Morgan fingerprint density at radius 2 is 2.00 bits per heavy atom. The predicted octanol–water partition coefficient (Wildman–Crippen LogP) is -2.59. The van der Waals surface area contributed by atoms with E-state index < -0.39 is 16.7 Å². The monoisotopic (exact) mass is 453 g/mol. The minimum absolute atomic E-state index is 0. The molecule has 2 saturated heterocycles. The number of carbonyl (C=O) groups is 2. The fourth-order valence-corrected chi connectivity index (χ4v) is 3.82. The number of nitro benzene ring substituents is 1. The smallest absolute Gasteiger partial charge is 0.270 e. The van der Waals surface area contributed by atoms with Gasteiger partial charge in [-0.15, -0.1) is 0 Å². The molecule has 1 aromatic carbocycles. The first-order valence-electron chi connectivity index (χ1n) is 9.59. The number of benzene rings is 1. The number of anilines is 1. The van der Waals surface area contributed by atoms with Crippen LogP contribution in [0, 0.1) is 10.1 Å². The van der Waals surface area contributed by atoms with Crippen LogP contribution in [0.15, 0.2) is 23.8 Å². The van der Waals surface area contributed by atoms with Crippen LogP contribution in [0.4, 0.5) is 11.4 Å². The Hall–Kier alpha value is -2.56. The minimum Gasteiger partial charge on any atom is -1.00 e. The van der Waals surface area contributed by atoms with Crippen molar-refractivity contribution in [1.82, 2.24) is 10.2 Å². The van der Waals surface area contributed by atoms with Gasteiger partial charge in [0.15, 0.2) is 5.11 Å². The molecule has 0 aliphatic carbocycles. The first kappa shape index (κ1) is 23.7. The summed E-state index contributed by atoms with van der Waals surface area (Å²) in [5.74, 6) is -1.08. The zero-order chi connectivity index (χ0) is 21.1. The van der Waals surface area contributed by atoms with Gasteiger partial charge >= 0.3 is 0 Å². The Morgan fingerprint density at radius 3 is 2.60 bits per heavy atom. The molecule has 30 heavy (non-hydrogen) atoms. The van der Waals surface area contributed by atoms with Gasteiger partial charge in [0.05, 0.1) is 31.1 Å². The molecule has 2 heterocycles. The SMILES string of the molecule is CCC(C)N1C(=O)/C(=C\c2cc([N+](=O)[O-])ccc2N2CC[NH2+]CC2)C(=O)NC1=S.[Cl-]. The van der Waals surface area contributed by atoms with Gasteiger partial charge in [-0.3, -0.25) is 29.9 Å². The van der Waals surface area contributed by atoms with Crippen molar-refractivity contribution >= 4 is 46.6 Å². The van der Waals surface area contributed by atoms with Crippen LogP contribution in [0.1, 0.15) is 25.8 Å². The molecule has 2 fully saturated rings. The number of carbonyl (C=O) groups excluding carboxylic acids is 2. The number of hydrogen-bond acceptors (Lipinski definition) is 6. The summed E-state index contributed by atoms with van der Waals surface area (Å²) >= 11 is 5.17. The fraction of sp³-hybridized carbons (Fsp3) is 0.421. The maximum atomic E-state index is 13.0. The number of non-ortho nitro benzene ring substituents is 1. The maximum Gasteiger partial charge on any atom is 0.270 e. The number of piperazine rings is 1. The van der Waals surface area contributed by atoms with Gasteiger partial charge in [-0.05, 0) is 37.7 Å². The van der Waals surface area contributed by atoms with E-state index in [1.54, 1.807) is 6.07 Å². The number of halogens is 1. The molecule has 9 nitrogen and oxygen atoms in total.